The predicted molar refractivity (Wildman–Crippen MR) is 100 cm³/mol. The number of esters is 1. The van der Waals surface area contributed by atoms with E-state index in [2.05, 4.69) is 15.3 Å². The summed E-state index contributed by atoms with van der Waals surface area (Å²) in [7, 11) is 1.27. The van der Waals surface area contributed by atoms with Gasteiger partial charge in [0.15, 0.2) is 10.8 Å². The molecule has 1 aliphatic heterocycles. The summed E-state index contributed by atoms with van der Waals surface area (Å²) in [6, 6.07) is 1.48. The summed E-state index contributed by atoms with van der Waals surface area (Å²) in [5.74, 6) is -1.87. The molecule has 3 amide bonds. The monoisotopic (exact) mass is 402 g/mol. The summed E-state index contributed by atoms with van der Waals surface area (Å²) < 4.78 is 4.72. The fraction of sp³-hybridized carbons (Fsp3) is 0.333. The van der Waals surface area contributed by atoms with E-state index in [4.69, 9.17) is 4.74 Å². The van der Waals surface area contributed by atoms with Crippen LogP contribution in [-0.4, -0.2) is 52.2 Å². The zero-order valence-electron chi connectivity index (χ0n) is 15.5. The van der Waals surface area contributed by atoms with Gasteiger partial charge in [-0.25, -0.2) is 9.78 Å². The first kappa shape index (κ1) is 19.6. The van der Waals surface area contributed by atoms with Gasteiger partial charge in [0.1, 0.15) is 0 Å². The number of rotatable bonds is 6. The Hall–Kier alpha value is -3.14. The Balaban J connectivity index is 1.65. The summed E-state index contributed by atoms with van der Waals surface area (Å²) >= 11 is 1.19. The Morgan fingerprint density at radius 3 is 2.61 bits per heavy atom. The molecule has 146 valence electrons. The Labute approximate surface area is 164 Å². The standard InChI is InChI=1S/C18H18N4O5S/c1-9(2)14-13(17(26)27-3)21-18(28-14)20-12(23)5-7-22-15(24)10-4-6-19-8-11(10)16(22)25/h4,6,8-9H,5,7H2,1-3H3,(H,20,21,23). The van der Waals surface area contributed by atoms with Crippen LogP contribution >= 0.6 is 11.3 Å². The number of carbonyl (C=O) groups is 4. The highest BCUT2D eigenvalue weighted by Gasteiger charge is 2.35. The number of carbonyl (C=O) groups excluding carboxylic acids is 4. The molecule has 3 heterocycles. The molecule has 0 spiro atoms. The van der Waals surface area contributed by atoms with E-state index in [1.807, 2.05) is 13.8 Å². The van der Waals surface area contributed by atoms with Gasteiger partial charge in [-0.15, -0.1) is 11.3 Å². The normalized spacial score (nSPS) is 13.1. The van der Waals surface area contributed by atoms with Crippen molar-refractivity contribution in [1.82, 2.24) is 14.9 Å². The highest BCUT2D eigenvalue weighted by Crippen LogP contribution is 2.30. The number of methoxy groups -OCH3 is 1. The third-order valence-corrected chi connectivity index (χ3v) is 5.41. The van der Waals surface area contributed by atoms with E-state index in [0.29, 0.717) is 4.88 Å². The van der Waals surface area contributed by atoms with Gasteiger partial charge in [0.2, 0.25) is 5.91 Å². The number of nitrogens with one attached hydrogen (secondary N) is 1. The minimum Gasteiger partial charge on any atom is -0.464 e. The first-order valence-electron chi connectivity index (χ1n) is 8.52. The van der Waals surface area contributed by atoms with Gasteiger partial charge >= 0.3 is 5.97 Å². The maximum Gasteiger partial charge on any atom is 0.357 e. The van der Waals surface area contributed by atoms with Gasteiger partial charge < -0.3 is 10.1 Å². The maximum atomic E-state index is 12.3. The van der Waals surface area contributed by atoms with E-state index in [1.165, 1.54) is 36.9 Å². The van der Waals surface area contributed by atoms with Crippen molar-refractivity contribution >= 4 is 40.2 Å². The zero-order chi connectivity index (χ0) is 20.4. The molecule has 0 radical (unpaired) electrons. The lowest BCUT2D eigenvalue weighted by Gasteiger charge is -2.12. The maximum absolute atomic E-state index is 12.3. The van der Waals surface area contributed by atoms with Gasteiger partial charge in [0.05, 0.1) is 18.2 Å². The quantitative estimate of drug-likeness (QED) is 0.580. The van der Waals surface area contributed by atoms with Crippen LogP contribution in [-0.2, 0) is 9.53 Å². The summed E-state index contributed by atoms with van der Waals surface area (Å²) in [5.41, 5.74) is 0.687. The first-order chi connectivity index (χ1) is 13.3. The van der Waals surface area contributed by atoms with Crippen LogP contribution in [0.25, 0.3) is 0 Å². The summed E-state index contributed by atoms with van der Waals surface area (Å²) in [6.07, 6.45) is 2.68. The molecule has 0 bridgehead atoms. The molecule has 0 unspecified atom stereocenters. The van der Waals surface area contributed by atoms with Gasteiger partial charge in [-0.1, -0.05) is 13.8 Å². The van der Waals surface area contributed by atoms with Crippen molar-refractivity contribution in [3.63, 3.8) is 0 Å². The Morgan fingerprint density at radius 2 is 1.96 bits per heavy atom. The van der Waals surface area contributed by atoms with Gasteiger partial charge in [0, 0.05) is 30.2 Å². The van der Waals surface area contributed by atoms with Gasteiger partial charge in [0.25, 0.3) is 11.8 Å². The van der Waals surface area contributed by atoms with Crippen LogP contribution in [0.15, 0.2) is 18.5 Å². The van der Waals surface area contributed by atoms with E-state index >= 15 is 0 Å². The van der Waals surface area contributed by atoms with Crippen LogP contribution in [0.3, 0.4) is 0 Å². The Kier molecular flexibility index (Phi) is 5.50. The molecular weight excluding hydrogens is 384 g/mol. The molecule has 0 atom stereocenters. The van der Waals surface area contributed by atoms with Crippen LogP contribution in [0, 0.1) is 0 Å². The molecule has 0 aromatic carbocycles. The van der Waals surface area contributed by atoms with Crippen LogP contribution in [0.5, 0.6) is 0 Å². The first-order valence-corrected chi connectivity index (χ1v) is 9.34. The number of aromatic nitrogens is 2. The lowest BCUT2D eigenvalue weighted by molar-refractivity contribution is -0.116. The molecule has 9 nitrogen and oxygen atoms in total. The van der Waals surface area contributed by atoms with E-state index < -0.39 is 23.7 Å². The average molecular weight is 402 g/mol. The van der Waals surface area contributed by atoms with Crippen LogP contribution in [0.2, 0.25) is 0 Å². The second kappa shape index (κ2) is 7.85. The molecule has 2 aromatic rings. The molecule has 10 heteroatoms. The average Bonchev–Trinajstić information content (AvgIpc) is 3.20. The number of thiazole rings is 1. The zero-order valence-corrected chi connectivity index (χ0v) is 16.3. The van der Waals surface area contributed by atoms with Gasteiger partial charge in [-0.05, 0) is 12.0 Å². The molecule has 28 heavy (non-hydrogen) atoms. The minimum atomic E-state index is -0.569. The molecule has 0 saturated carbocycles. The fourth-order valence-corrected chi connectivity index (χ4v) is 3.72. The van der Waals surface area contributed by atoms with Crippen molar-refractivity contribution in [2.45, 2.75) is 26.2 Å². The molecule has 0 saturated heterocycles. The number of imide groups is 1. The summed E-state index contributed by atoms with van der Waals surface area (Å²) in [4.78, 5) is 58.4. The smallest absolute Gasteiger partial charge is 0.357 e. The van der Waals surface area contributed by atoms with E-state index in [-0.39, 0.29) is 40.8 Å². The van der Waals surface area contributed by atoms with E-state index in [9.17, 15) is 19.2 Å². The third kappa shape index (κ3) is 3.63. The SMILES string of the molecule is COC(=O)c1nc(NC(=O)CCN2C(=O)c3ccncc3C2=O)sc1C(C)C. The lowest BCUT2D eigenvalue weighted by atomic mass is 10.1. The molecular formula is C18H18N4O5S. The van der Waals surface area contributed by atoms with Crippen molar-refractivity contribution in [2.75, 3.05) is 19.0 Å². The predicted octanol–water partition coefficient (Wildman–Crippen LogP) is 2.07. The molecule has 2 aromatic heterocycles. The second-order valence-electron chi connectivity index (χ2n) is 6.36. The summed E-state index contributed by atoms with van der Waals surface area (Å²) in [5, 5.41) is 2.87. The van der Waals surface area contributed by atoms with E-state index in [0.717, 1.165) is 4.90 Å². The largest absolute Gasteiger partial charge is 0.464 e. The number of hydrogen-bond acceptors (Lipinski definition) is 8. The van der Waals surface area contributed by atoms with Crippen molar-refractivity contribution in [1.29, 1.82) is 0 Å². The molecule has 1 N–H and O–H groups in total. The van der Waals surface area contributed by atoms with Crippen molar-refractivity contribution in [3.8, 4) is 0 Å². The van der Waals surface area contributed by atoms with Crippen molar-refractivity contribution in [2.24, 2.45) is 0 Å². The Bertz CT molecular complexity index is 934. The highest BCUT2D eigenvalue weighted by atomic mass is 32.1. The second-order valence-corrected chi connectivity index (χ2v) is 7.39. The highest BCUT2D eigenvalue weighted by molar-refractivity contribution is 7.16. The topological polar surface area (TPSA) is 119 Å². The van der Waals surface area contributed by atoms with Crippen LogP contribution in [0.1, 0.15) is 62.3 Å². The van der Waals surface area contributed by atoms with Crippen molar-refractivity contribution in [3.05, 3.63) is 40.2 Å². The molecule has 1 aliphatic rings. The Morgan fingerprint density at radius 1 is 1.25 bits per heavy atom. The fourth-order valence-electron chi connectivity index (χ4n) is 2.75. The van der Waals surface area contributed by atoms with Gasteiger partial charge in [-0.3, -0.25) is 24.3 Å². The summed E-state index contributed by atoms with van der Waals surface area (Å²) in [6.45, 7) is 3.75. The van der Waals surface area contributed by atoms with Crippen LogP contribution in [0.4, 0.5) is 5.13 Å². The number of pyridine rings is 1. The molecule has 3 rings (SSSR count). The van der Waals surface area contributed by atoms with Crippen LogP contribution < -0.4 is 5.32 Å². The number of nitrogens with zero attached hydrogens (tertiary/aromatic N) is 3. The minimum absolute atomic E-state index is 0.0317. The number of hydrogen-bond donors (Lipinski definition) is 1. The van der Waals surface area contributed by atoms with Crippen molar-refractivity contribution < 1.29 is 23.9 Å². The number of amides is 3. The molecule has 0 aliphatic carbocycles. The number of ether oxygens (including phenoxy) is 1. The number of anilines is 1. The number of fused-ring (bicyclic) bond motifs is 1. The molecule has 0 fully saturated rings. The van der Waals surface area contributed by atoms with Gasteiger partial charge in [-0.2, -0.15) is 0 Å². The van der Waals surface area contributed by atoms with E-state index in [1.54, 1.807) is 0 Å². The third-order valence-electron chi connectivity index (χ3n) is 4.14. The lowest BCUT2D eigenvalue weighted by Crippen LogP contribution is -2.32.